The maximum Gasteiger partial charge on any atom is 0.335 e. The van der Waals surface area contributed by atoms with Crippen LogP contribution in [0, 0.1) is 0 Å². The van der Waals surface area contributed by atoms with Crippen LogP contribution in [0.1, 0.15) is 33.5 Å². The van der Waals surface area contributed by atoms with Crippen molar-refractivity contribution in [2.45, 2.75) is 25.9 Å². The number of rotatable bonds is 9. The highest BCUT2D eigenvalue weighted by Crippen LogP contribution is 2.18. The second kappa shape index (κ2) is 10.2. The van der Waals surface area contributed by atoms with Gasteiger partial charge in [0.1, 0.15) is 0 Å². The molecule has 0 radical (unpaired) electrons. The summed E-state index contributed by atoms with van der Waals surface area (Å²) in [6.07, 6.45) is 2.51. The second-order valence-electron chi connectivity index (χ2n) is 6.91. The molecule has 0 spiro atoms. The molecule has 1 aromatic heterocycles. The van der Waals surface area contributed by atoms with Crippen LogP contribution in [0.15, 0.2) is 72.9 Å². The summed E-state index contributed by atoms with van der Waals surface area (Å²) in [7, 11) is 1.57. The molecule has 0 saturated heterocycles. The Morgan fingerprint density at radius 3 is 2.23 bits per heavy atom. The number of carbonyl (C=O) groups is 2. The quantitative estimate of drug-likeness (QED) is 0.584. The molecule has 30 heavy (non-hydrogen) atoms. The molecule has 0 bridgehead atoms. The lowest BCUT2D eigenvalue weighted by Crippen LogP contribution is -2.30. The lowest BCUT2D eigenvalue weighted by atomic mass is 10.1. The highest BCUT2D eigenvalue weighted by molar-refractivity contribution is 5.87. The van der Waals surface area contributed by atoms with Gasteiger partial charge in [-0.3, -0.25) is 4.79 Å². The van der Waals surface area contributed by atoms with Gasteiger partial charge in [0, 0.05) is 31.3 Å². The van der Waals surface area contributed by atoms with Crippen molar-refractivity contribution in [2.75, 3.05) is 7.11 Å². The Morgan fingerprint density at radius 2 is 1.60 bits per heavy atom. The predicted octanol–water partition coefficient (Wildman–Crippen LogP) is 3.95. The van der Waals surface area contributed by atoms with Gasteiger partial charge < -0.3 is 14.7 Å². The number of carboxylic acids is 1. The fourth-order valence-corrected chi connectivity index (χ4v) is 3.21. The van der Waals surface area contributed by atoms with Gasteiger partial charge in [0.25, 0.3) is 0 Å². The molecule has 0 aliphatic carbocycles. The molecule has 0 aliphatic rings. The largest absolute Gasteiger partial charge is 0.481 e. The minimum absolute atomic E-state index is 0.00655. The van der Waals surface area contributed by atoms with E-state index in [1.54, 1.807) is 42.5 Å². The highest BCUT2D eigenvalue weighted by atomic mass is 16.5. The number of hydrogen-bond donors (Lipinski definition) is 1. The first-order chi connectivity index (χ1) is 14.6. The zero-order chi connectivity index (χ0) is 21.3. The SMILES string of the molecule is COc1ncccc1CCC(=O)N(Cc1ccccc1)Cc1ccc(C(=O)O)cc1. The van der Waals surface area contributed by atoms with E-state index in [9.17, 15) is 9.59 Å². The summed E-state index contributed by atoms with van der Waals surface area (Å²) in [5.74, 6) is -0.430. The first kappa shape index (κ1) is 21.0. The number of carboxylic acid groups (broad SMARTS) is 1. The number of benzene rings is 2. The van der Waals surface area contributed by atoms with Gasteiger partial charge in [-0.2, -0.15) is 0 Å². The van der Waals surface area contributed by atoms with Crippen molar-refractivity contribution < 1.29 is 19.4 Å². The smallest absolute Gasteiger partial charge is 0.335 e. The van der Waals surface area contributed by atoms with Crippen molar-refractivity contribution in [3.8, 4) is 5.88 Å². The molecule has 2 aromatic carbocycles. The third kappa shape index (κ3) is 5.67. The number of pyridine rings is 1. The zero-order valence-corrected chi connectivity index (χ0v) is 16.8. The Morgan fingerprint density at radius 1 is 0.933 bits per heavy atom. The maximum absolute atomic E-state index is 13.1. The molecule has 0 aliphatic heterocycles. The van der Waals surface area contributed by atoms with Crippen LogP contribution in [0.2, 0.25) is 0 Å². The number of carbonyl (C=O) groups excluding carboxylic acids is 1. The molecule has 1 heterocycles. The zero-order valence-electron chi connectivity index (χ0n) is 16.8. The normalized spacial score (nSPS) is 10.4. The minimum Gasteiger partial charge on any atom is -0.481 e. The summed E-state index contributed by atoms with van der Waals surface area (Å²) in [5, 5.41) is 9.08. The van der Waals surface area contributed by atoms with Gasteiger partial charge in [0.2, 0.25) is 11.8 Å². The number of amides is 1. The Kier molecular flexibility index (Phi) is 7.16. The monoisotopic (exact) mass is 404 g/mol. The first-order valence-corrected chi connectivity index (χ1v) is 9.68. The molecule has 0 unspecified atom stereocenters. The molecule has 0 saturated carbocycles. The van der Waals surface area contributed by atoms with E-state index in [-0.39, 0.29) is 11.5 Å². The van der Waals surface area contributed by atoms with Gasteiger partial charge in [-0.1, -0.05) is 48.5 Å². The van der Waals surface area contributed by atoms with Crippen LogP contribution < -0.4 is 4.74 Å². The third-order valence-electron chi connectivity index (χ3n) is 4.79. The summed E-state index contributed by atoms with van der Waals surface area (Å²) in [6, 6.07) is 20.1. The van der Waals surface area contributed by atoms with Crippen molar-refractivity contribution in [1.29, 1.82) is 0 Å². The summed E-state index contributed by atoms with van der Waals surface area (Å²) in [5.41, 5.74) is 3.03. The third-order valence-corrected chi connectivity index (χ3v) is 4.79. The lowest BCUT2D eigenvalue weighted by molar-refractivity contribution is -0.132. The van der Waals surface area contributed by atoms with E-state index in [4.69, 9.17) is 9.84 Å². The fraction of sp³-hybridized carbons (Fsp3) is 0.208. The standard InChI is InChI=1S/C24H24N2O4/c1-30-23-20(8-5-15-25-23)13-14-22(27)26(16-18-6-3-2-4-7-18)17-19-9-11-21(12-10-19)24(28)29/h2-12,15H,13-14,16-17H2,1H3,(H,28,29). The van der Waals surface area contributed by atoms with E-state index in [1.807, 2.05) is 42.5 Å². The van der Waals surface area contributed by atoms with Crippen LogP contribution in [0.4, 0.5) is 0 Å². The maximum atomic E-state index is 13.1. The fourth-order valence-electron chi connectivity index (χ4n) is 3.21. The lowest BCUT2D eigenvalue weighted by Gasteiger charge is -2.23. The van der Waals surface area contributed by atoms with E-state index in [1.165, 1.54) is 0 Å². The average Bonchev–Trinajstić information content (AvgIpc) is 2.78. The van der Waals surface area contributed by atoms with Crippen molar-refractivity contribution in [2.24, 2.45) is 0 Å². The van der Waals surface area contributed by atoms with Gasteiger partial charge in [-0.25, -0.2) is 9.78 Å². The van der Waals surface area contributed by atoms with Gasteiger partial charge in [-0.15, -0.1) is 0 Å². The molecule has 1 amide bonds. The molecule has 6 heteroatoms. The van der Waals surface area contributed by atoms with E-state index in [2.05, 4.69) is 4.98 Å². The number of methoxy groups -OCH3 is 1. The van der Waals surface area contributed by atoms with Crippen LogP contribution in [-0.4, -0.2) is 34.0 Å². The topological polar surface area (TPSA) is 79.7 Å². The first-order valence-electron chi connectivity index (χ1n) is 9.68. The average molecular weight is 404 g/mol. The molecule has 6 nitrogen and oxygen atoms in total. The van der Waals surface area contributed by atoms with Gasteiger partial charge in [-0.05, 0) is 35.7 Å². The van der Waals surface area contributed by atoms with E-state index in [0.29, 0.717) is 31.8 Å². The second-order valence-corrected chi connectivity index (χ2v) is 6.91. The minimum atomic E-state index is -0.968. The van der Waals surface area contributed by atoms with Gasteiger partial charge in [0.15, 0.2) is 0 Å². The molecular weight excluding hydrogens is 380 g/mol. The summed E-state index contributed by atoms with van der Waals surface area (Å²) in [6.45, 7) is 0.877. The van der Waals surface area contributed by atoms with Crippen LogP contribution in [0.25, 0.3) is 0 Å². The predicted molar refractivity (Wildman–Crippen MR) is 113 cm³/mol. The molecule has 3 rings (SSSR count). The Bertz CT molecular complexity index is 988. The van der Waals surface area contributed by atoms with Gasteiger partial charge in [0.05, 0.1) is 12.7 Å². The summed E-state index contributed by atoms with van der Waals surface area (Å²) < 4.78 is 5.28. The van der Waals surface area contributed by atoms with Crippen LogP contribution >= 0.6 is 0 Å². The summed E-state index contributed by atoms with van der Waals surface area (Å²) >= 11 is 0. The van der Waals surface area contributed by atoms with Crippen molar-refractivity contribution >= 4 is 11.9 Å². The number of aromatic carboxylic acids is 1. The van der Waals surface area contributed by atoms with E-state index >= 15 is 0 Å². The number of aryl methyl sites for hydroxylation is 1. The molecule has 0 atom stereocenters. The molecular formula is C24H24N2O4. The van der Waals surface area contributed by atoms with Crippen LogP contribution in [0.5, 0.6) is 5.88 Å². The molecule has 154 valence electrons. The Hall–Kier alpha value is -3.67. The van der Waals surface area contributed by atoms with E-state index in [0.717, 1.165) is 16.7 Å². The number of nitrogens with zero attached hydrogens (tertiary/aromatic N) is 2. The Labute approximate surface area is 175 Å². The summed E-state index contributed by atoms with van der Waals surface area (Å²) in [4.78, 5) is 30.1. The molecule has 1 N–H and O–H groups in total. The van der Waals surface area contributed by atoms with Crippen LogP contribution in [-0.2, 0) is 24.3 Å². The van der Waals surface area contributed by atoms with E-state index < -0.39 is 5.97 Å². The molecule has 3 aromatic rings. The van der Waals surface area contributed by atoms with Gasteiger partial charge >= 0.3 is 5.97 Å². The number of hydrogen-bond acceptors (Lipinski definition) is 4. The van der Waals surface area contributed by atoms with Crippen molar-refractivity contribution in [3.05, 3.63) is 95.2 Å². The highest BCUT2D eigenvalue weighted by Gasteiger charge is 2.16. The number of aromatic nitrogens is 1. The number of ether oxygens (including phenoxy) is 1. The van der Waals surface area contributed by atoms with Crippen molar-refractivity contribution in [1.82, 2.24) is 9.88 Å². The Balaban J connectivity index is 1.74. The van der Waals surface area contributed by atoms with Crippen molar-refractivity contribution in [3.63, 3.8) is 0 Å². The van der Waals surface area contributed by atoms with Crippen LogP contribution in [0.3, 0.4) is 0 Å². The molecule has 0 fully saturated rings.